The first-order valence-electron chi connectivity index (χ1n) is 19.2. The molecule has 2 aromatic carbocycles. The molecule has 3 amide bonds. The van der Waals surface area contributed by atoms with Crippen LogP contribution in [0.3, 0.4) is 0 Å². The maximum Gasteiger partial charge on any atom is 0.410 e. The number of thiophene rings is 2. The summed E-state index contributed by atoms with van der Waals surface area (Å²) in [5, 5.41) is 7.18. The number of ether oxygens (including phenoxy) is 2. The quantitative estimate of drug-likeness (QED) is 0.139. The zero-order valence-corrected chi connectivity index (χ0v) is 34.1. The molecule has 0 saturated carbocycles. The standard InChI is InChI=1S/C42H47N7O5S2/c1-23(2)34(47-40(51)53-6)39(50)48-17-7-10-33(48)38-44-29-16-15-26(19-30(29)45-38)28-22-56-35-27(21-55-36(28)35)24-11-13-25(14-12-24)31-20-43-37(46-31)32-9-8-18-49(32)41(52)54-42(3,4)5/h11-16,19-23,32-34H,7-10,17-18H2,1-6H3,(H,43,46)(H,44,45)(H,47,51)/t32-,33?,34-/m0/s1. The predicted octanol–water partition coefficient (Wildman–Crippen LogP) is 9.68. The Morgan fingerprint density at radius 1 is 0.857 bits per heavy atom. The van der Waals surface area contributed by atoms with E-state index >= 15 is 0 Å². The van der Waals surface area contributed by atoms with Gasteiger partial charge in [-0.1, -0.05) is 44.2 Å². The number of rotatable bonds is 8. The van der Waals surface area contributed by atoms with Gasteiger partial charge in [-0.15, -0.1) is 22.7 Å². The highest BCUT2D eigenvalue weighted by molar-refractivity contribution is 7.27. The topological polar surface area (TPSA) is 146 Å². The number of methoxy groups -OCH3 is 1. The molecule has 4 aromatic heterocycles. The van der Waals surface area contributed by atoms with Crippen LogP contribution in [0.2, 0.25) is 0 Å². The molecule has 8 rings (SSSR count). The lowest BCUT2D eigenvalue weighted by molar-refractivity contribution is -0.135. The number of carbonyl (C=O) groups excluding carboxylic acids is 3. The van der Waals surface area contributed by atoms with E-state index in [9.17, 15) is 14.4 Å². The van der Waals surface area contributed by atoms with Gasteiger partial charge in [-0.05, 0) is 81.2 Å². The van der Waals surface area contributed by atoms with E-state index in [1.54, 1.807) is 27.6 Å². The molecule has 6 aromatic rings. The number of amides is 3. The van der Waals surface area contributed by atoms with Gasteiger partial charge in [0.25, 0.3) is 0 Å². The molecule has 2 saturated heterocycles. The molecule has 56 heavy (non-hydrogen) atoms. The van der Waals surface area contributed by atoms with E-state index in [-0.39, 0.29) is 30.0 Å². The van der Waals surface area contributed by atoms with Crippen molar-refractivity contribution in [1.82, 2.24) is 35.1 Å². The Bertz CT molecular complexity index is 2400. The van der Waals surface area contributed by atoms with Crippen LogP contribution in [0.25, 0.3) is 53.9 Å². The molecule has 3 N–H and O–H groups in total. The second kappa shape index (κ2) is 15.0. The first kappa shape index (κ1) is 37.7. The lowest BCUT2D eigenvalue weighted by Gasteiger charge is -2.29. The van der Waals surface area contributed by atoms with Gasteiger partial charge in [0.05, 0.1) is 51.5 Å². The summed E-state index contributed by atoms with van der Waals surface area (Å²) in [6.07, 6.45) is 4.35. The Kier molecular flexibility index (Phi) is 10.1. The van der Waals surface area contributed by atoms with E-state index in [0.717, 1.165) is 70.7 Å². The highest BCUT2D eigenvalue weighted by Gasteiger charge is 2.38. The zero-order valence-electron chi connectivity index (χ0n) is 32.5. The summed E-state index contributed by atoms with van der Waals surface area (Å²) in [6.45, 7) is 10.7. The Labute approximate surface area is 333 Å². The summed E-state index contributed by atoms with van der Waals surface area (Å²) in [5.74, 6) is 1.32. The van der Waals surface area contributed by atoms with Gasteiger partial charge in [-0.3, -0.25) is 9.69 Å². The molecule has 3 atom stereocenters. The third-order valence-corrected chi connectivity index (χ3v) is 12.8. The molecule has 12 nitrogen and oxygen atoms in total. The number of nitrogens with one attached hydrogen (secondary N) is 3. The minimum absolute atomic E-state index is 0.0980. The Morgan fingerprint density at radius 3 is 2.14 bits per heavy atom. The van der Waals surface area contributed by atoms with Crippen molar-refractivity contribution < 1.29 is 23.9 Å². The van der Waals surface area contributed by atoms with E-state index in [0.29, 0.717) is 13.1 Å². The number of imidazole rings is 2. The minimum atomic E-state index is -0.681. The average molecular weight is 794 g/mol. The fourth-order valence-electron chi connectivity index (χ4n) is 7.84. The van der Waals surface area contributed by atoms with Crippen LogP contribution in [-0.2, 0) is 14.3 Å². The summed E-state index contributed by atoms with van der Waals surface area (Å²) in [4.78, 5) is 58.8. The number of nitrogens with zero attached hydrogens (tertiary/aromatic N) is 4. The van der Waals surface area contributed by atoms with Crippen LogP contribution >= 0.6 is 22.7 Å². The van der Waals surface area contributed by atoms with Crippen LogP contribution in [0.5, 0.6) is 0 Å². The van der Waals surface area contributed by atoms with Crippen LogP contribution in [-0.4, -0.2) is 79.7 Å². The summed E-state index contributed by atoms with van der Waals surface area (Å²) < 4.78 is 12.9. The molecule has 1 unspecified atom stereocenters. The second-order valence-corrected chi connectivity index (χ2v) is 17.7. The molecule has 14 heteroatoms. The summed E-state index contributed by atoms with van der Waals surface area (Å²) in [6, 6.07) is 13.8. The lowest BCUT2D eigenvalue weighted by atomic mass is 10.0. The van der Waals surface area contributed by atoms with Crippen LogP contribution in [0.15, 0.2) is 59.4 Å². The lowest BCUT2D eigenvalue weighted by Crippen LogP contribution is -2.51. The van der Waals surface area contributed by atoms with Gasteiger partial charge in [0.2, 0.25) is 5.91 Å². The Hall–Kier alpha value is -5.21. The number of aromatic nitrogens is 4. The molecule has 2 aliphatic heterocycles. The van der Waals surface area contributed by atoms with Gasteiger partial charge in [0.1, 0.15) is 23.3 Å². The van der Waals surface area contributed by atoms with Gasteiger partial charge in [0, 0.05) is 35.0 Å². The number of aromatic amines is 2. The Morgan fingerprint density at radius 2 is 1.48 bits per heavy atom. The van der Waals surface area contributed by atoms with E-state index in [2.05, 4.69) is 67.4 Å². The molecule has 0 spiro atoms. The average Bonchev–Trinajstić information content (AvgIpc) is 4.02. The highest BCUT2D eigenvalue weighted by Crippen LogP contribution is 2.45. The molecule has 0 bridgehead atoms. The van der Waals surface area contributed by atoms with Crippen molar-refractivity contribution in [2.45, 2.75) is 84.0 Å². The Balaban J connectivity index is 0.988. The number of fused-ring (bicyclic) bond motifs is 2. The van der Waals surface area contributed by atoms with E-state index in [1.165, 1.54) is 27.6 Å². The molecule has 292 valence electrons. The van der Waals surface area contributed by atoms with Crippen LogP contribution < -0.4 is 5.32 Å². The van der Waals surface area contributed by atoms with Gasteiger partial charge in [-0.25, -0.2) is 19.6 Å². The molecule has 2 fully saturated rings. The third-order valence-electron chi connectivity index (χ3n) is 10.6. The number of carbonyl (C=O) groups is 3. The zero-order chi connectivity index (χ0) is 39.3. The SMILES string of the molecule is COC(=O)N[C@H](C(=O)N1CCCC1c1nc2ccc(-c3csc4c(-c5ccc(-c6cnc([C@@H]7CCCN7C(=O)OC(C)(C)C)[nH]6)cc5)csc34)cc2[nH]1)C(C)C. The fourth-order valence-corrected chi connectivity index (χ4v) is 10.3. The van der Waals surface area contributed by atoms with Crippen molar-refractivity contribution in [2.75, 3.05) is 20.2 Å². The first-order valence-corrected chi connectivity index (χ1v) is 20.9. The molecule has 6 heterocycles. The van der Waals surface area contributed by atoms with Gasteiger partial charge < -0.3 is 29.7 Å². The largest absolute Gasteiger partial charge is 0.453 e. The summed E-state index contributed by atoms with van der Waals surface area (Å²) in [7, 11) is 1.30. The number of alkyl carbamates (subject to hydrolysis) is 1. The fraction of sp³-hybridized carbons (Fsp3) is 0.405. The van der Waals surface area contributed by atoms with Gasteiger partial charge >= 0.3 is 12.2 Å². The number of H-pyrrole nitrogens is 2. The minimum Gasteiger partial charge on any atom is -0.453 e. The summed E-state index contributed by atoms with van der Waals surface area (Å²) in [5.41, 5.74) is 7.80. The maximum atomic E-state index is 13.7. The second-order valence-electron chi connectivity index (χ2n) is 15.9. The van der Waals surface area contributed by atoms with Gasteiger partial charge in [-0.2, -0.15) is 0 Å². The van der Waals surface area contributed by atoms with E-state index in [1.807, 2.05) is 51.8 Å². The van der Waals surface area contributed by atoms with Crippen molar-refractivity contribution in [3.8, 4) is 33.5 Å². The van der Waals surface area contributed by atoms with Crippen molar-refractivity contribution in [3.63, 3.8) is 0 Å². The third kappa shape index (κ3) is 7.27. The van der Waals surface area contributed by atoms with E-state index in [4.69, 9.17) is 14.5 Å². The maximum absolute atomic E-state index is 13.7. The first-order chi connectivity index (χ1) is 26.9. The van der Waals surface area contributed by atoms with Crippen molar-refractivity contribution in [2.24, 2.45) is 5.92 Å². The monoisotopic (exact) mass is 793 g/mol. The number of hydrogen-bond acceptors (Lipinski definition) is 9. The summed E-state index contributed by atoms with van der Waals surface area (Å²) >= 11 is 3.50. The molecule has 0 aliphatic carbocycles. The number of likely N-dealkylation sites (tertiary alicyclic amines) is 2. The van der Waals surface area contributed by atoms with Crippen LogP contribution in [0.4, 0.5) is 9.59 Å². The number of hydrogen-bond donors (Lipinski definition) is 3. The van der Waals surface area contributed by atoms with E-state index < -0.39 is 17.7 Å². The molecule has 0 radical (unpaired) electrons. The number of benzene rings is 2. The van der Waals surface area contributed by atoms with Crippen molar-refractivity contribution >= 4 is 61.2 Å². The molecular formula is C42H47N7O5S2. The molecule has 2 aliphatic rings. The van der Waals surface area contributed by atoms with Crippen molar-refractivity contribution in [1.29, 1.82) is 0 Å². The molecular weight excluding hydrogens is 747 g/mol. The predicted molar refractivity (Wildman–Crippen MR) is 221 cm³/mol. The smallest absolute Gasteiger partial charge is 0.410 e. The van der Waals surface area contributed by atoms with Gasteiger partial charge in [0.15, 0.2) is 0 Å². The van der Waals surface area contributed by atoms with Crippen molar-refractivity contribution in [3.05, 3.63) is 71.1 Å². The normalized spacial score (nSPS) is 18.0. The van der Waals surface area contributed by atoms with Crippen LogP contribution in [0, 0.1) is 5.92 Å². The van der Waals surface area contributed by atoms with Crippen LogP contribution in [0.1, 0.15) is 84.0 Å². The highest BCUT2D eigenvalue weighted by atomic mass is 32.1.